The van der Waals surface area contributed by atoms with Crippen molar-refractivity contribution in [2.75, 3.05) is 10.0 Å². The Hall–Kier alpha value is -2.91. The van der Waals surface area contributed by atoms with Gasteiger partial charge >= 0.3 is 0 Å². The highest BCUT2D eigenvalue weighted by molar-refractivity contribution is 7.92. The van der Waals surface area contributed by atoms with E-state index in [1.807, 2.05) is 0 Å². The van der Waals surface area contributed by atoms with Crippen molar-refractivity contribution in [3.05, 3.63) is 93.8 Å². The van der Waals surface area contributed by atoms with Gasteiger partial charge in [0.25, 0.3) is 15.9 Å². The lowest BCUT2D eigenvalue weighted by Gasteiger charge is -2.12. The van der Waals surface area contributed by atoms with Crippen molar-refractivity contribution in [3.63, 3.8) is 0 Å². The first kappa shape index (κ1) is 22.3. The summed E-state index contributed by atoms with van der Waals surface area (Å²) in [6.07, 6.45) is 0. The number of amides is 1. The molecule has 0 fully saturated rings. The Morgan fingerprint density at radius 3 is 2.41 bits per heavy atom. The van der Waals surface area contributed by atoms with Crippen LogP contribution in [0.1, 0.15) is 10.4 Å². The minimum absolute atomic E-state index is 0.0969. The zero-order chi connectivity index (χ0) is 22.7. The lowest BCUT2D eigenvalue weighted by atomic mass is 10.2. The summed E-state index contributed by atoms with van der Waals surface area (Å²) in [5.74, 6) is -0.500. The lowest BCUT2D eigenvalue weighted by Crippen LogP contribution is -2.18. The van der Waals surface area contributed by atoms with Gasteiger partial charge in [0.2, 0.25) is 0 Å². The van der Waals surface area contributed by atoms with Gasteiger partial charge in [-0.1, -0.05) is 53.5 Å². The number of halogens is 2. The van der Waals surface area contributed by atoms with E-state index in [0.717, 1.165) is 0 Å². The average Bonchev–Trinajstić information content (AvgIpc) is 3.22. The van der Waals surface area contributed by atoms with Crippen LogP contribution in [-0.4, -0.2) is 19.3 Å². The first-order valence-corrected chi connectivity index (χ1v) is 12.3. The molecule has 1 amide bonds. The quantitative estimate of drug-likeness (QED) is 0.329. The molecule has 162 valence electrons. The second-order valence-electron chi connectivity index (χ2n) is 6.58. The number of hydrogen-bond acceptors (Lipinski definition) is 5. The van der Waals surface area contributed by atoms with Gasteiger partial charge in [0.05, 0.1) is 26.9 Å². The summed E-state index contributed by atoms with van der Waals surface area (Å²) in [7, 11) is -3.85. The van der Waals surface area contributed by atoms with Crippen LogP contribution in [0.15, 0.2) is 83.1 Å². The number of para-hydroxylation sites is 1. The SMILES string of the molecule is O=C(Nc1nc(-c2ccc(Cl)cc2Cl)cs1)c1ccccc1NS(=O)(=O)c1ccccc1. The second kappa shape index (κ2) is 9.30. The lowest BCUT2D eigenvalue weighted by molar-refractivity contribution is 0.102. The van der Waals surface area contributed by atoms with Crippen molar-refractivity contribution in [2.24, 2.45) is 0 Å². The first-order valence-electron chi connectivity index (χ1n) is 9.23. The predicted octanol–water partition coefficient (Wildman–Crippen LogP) is 6.17. The van der Waals surface area contributed by atoms with Gasteiger partial charge < -0.3 is 0 Å². The number of rotatable bonds is 6. The van der Waals surface area contributed by atoms with Crippen molar-refractivity contribution in [1.82, 2.24) is 4.98 Å². The fourth-order valence-electron chi connectivity index (χ4n) is 2.89. The Morgan fingerprint density at radius 1 is 0.938 bits per heavy atom. The number of nitrogens with one attached hydrogen (secondary N) is 2. The van der Waals surface area contributed by atoms with Crippen LogP contribution in [0.4, 0.5) is 10.8 Å². The third-order valence-electron chi connectivity index (χ3n) is 4.40. The number of anilines is 2. The van der Waals surface area contributed by atoms with Gasteiger partial charge in [0.1, 0.15) is 0 Å². The van der Waals surface area contributed by atoms with Gasteiger partial charge in [-0.2, -0.15) is 0 Å². The van der Waals surface area contributed by atoms with Gasteiger partial charge in [-0.05, 0) is 42.5 Å². The molecule has 6 nitrogen and oxygen atoms in total. The van der Waals surface area contributed by atoms with E-state index in [2.05, 4.69) is 15.0 Å². The molecule has 4 rings (SSSR count). The number of benzene rings is 3. The van der Waals surface area contributed by atoms with Crippen LogP contribution >= 0.6 is 34.5 Å². The highest BCUT2D eigenvalue weighted by atomic mass is 35.5. The third kappa shape index (κ3) is 4.94. The molecule has 1 aromatic heterocycles. The van der Waals surface area contributed by atoms with Gasteiger partial charge in [0.15, 0.2) is 5.13 Å². The van der Waals surface area contributed by atoms with Crippen molar-refractivity contribution < 1.29 is 13.2 Å². The zero-order valence-corrected chi connectivity index (χ0v) is 19.4. The number of aromatic nitrogens is 1. The summed E-state index contributed by atoms with van der Waals surface area (Å²) in [4.78, 5) is 17.4. The molecule has 4 aromatic rings. The van der Waals surface area contributed by atoms with E-state index >= 15 is 0 Å². The average molecular weight is 504 g/mol. The normalized spacial score (nSPS) is 11.2. The Bertz CT molecular complexity index is 1390. The van der Waals surface area contributed by atoms with Crippen LogP contribution in [0.5, 0.6) is 0 Å². The predicted molar refractivity (Wildman–Crippen MR) is 129 cm³/mol. The van der Waals surface area contributed by atoms with Gasteiger partial charge in [0, 0.05) is 16.0 Å². The van der Waals surface area contributed by atoms with E-state index < -0.39 is 15.9 Å². The molecule has 0 unspecified atom stereocenters. The molecule has 0 aliphatic carbocycles. The molecule has 3 aromatic carbocycles. The topological polar surface area (TPSA) is 88.2 Å². The zero-order valence-electron chi connectivity index (χ0n) is 16.2. The van der Waals surface area contributed by atoms with Gasteiger partial charge in [-0.15, -0.1) is 11.3 Å². The molecular weight excluding hydrogens is 489 g/mol. The number of thiazole rings is 1. The molecule has 0 saturated carbocycles. The molecule has 0 aliphatic heterocycles. The summed E-state index contributed by atoms with van der Waals surface area (Å²) in [5.41, 5.74) is 1.59. The Morgan fingerprint density at radius 2 is 1.66 bits per heavy atom. The van der Waals surface area contributed by atoms with Gasteiger partial charge in [-0.25, -0.2) is 13.4 Å². The smallest absolute Gasteiger partial charge is 0.261 e. The van der Waals surface area contributed by atoms with Crippen molar-refractivity contribution >= 4 is 61.3 Å². The molecule has 0 spiro atoms. The maximum atomic E-state index is 12.9. The monoisotopic (exact) mass is 503 g/mol. The fraction of sp³-hybridized carbons (Fsp3) is 0. The fourth-order valence-corrected chi connectivity index (χ4v) is 5.20. The van der Waals surface area contributed by atoms with Crippen LogP contribution in [0.3, 0.4) is 0 Å². The second-order valence-corrected chi connectivity index (χ2v) is 9.96. The minimum Gasteiger partial charge on any atom is -0.298 e. The van der Waals surface area contributed by atoms with E-state index in [0.29, 0.717) is 26.4 Å². The third-order valence-corrected chi connectivity index (χ3v) is 7.09. The summed E-state index contributed by atoms with van der Waals surface area (Å²) in [6, 6.07) is 19.3. The molecule has 0 bridgehead atoms. The summed E-state index contributed by atoms with van der Waals surface area (Å²) >= 11 is 13.4. The number of nitrogens with zero attached hydrogens (tertiary/aromatic N) is 1. The molecule has 1 heterocycles. The maximum Gasteiger partial charge on any atom is 0.261 e. The highest BCUT2D eigenvalue weighted by Gasteiger charge is 2.19. The number of carbonyl (C=O) groups excluding carboxylic acids is 1. The summed E-state index contributed by atoms with van der Waals surface area (Å²) < 4.78 is 27.8. The van der Waals surface area contributed by atoms with Crippen LogP contribution in [-0.2, 0) is 10.0 Å². The standard InChI is InChI=1S/C22H15Cl2N3O3S2/c23-14-10-11-16(18(24)12-14)20-13-31-22(25-20)26-21(28)17-8-4-5-9-19(17)27-32(29,30)15-6-2-1-3-7-15/h1-13,27H,(H,25,26,28). The molecular formula is C22H15Cl2N3O3S2. The largest absolute Gasteiger partial charge is 0.298 e. The summed E-state index contributed by atoms with van der Waals surface area (Å²) in [6.45, 7) is 0. The number of hydrogen-bond donors (Lipinski definition) is 2. The van der Waals surface area contributed by atoms with E-state index in [1.165, 1.54) is 35.6 Å². The van der Waals surface area contributed by atoms with Crippen LogP contribution in [0.2, 0.25) is 10.0 Å². The molecule has 32 heavy (non-hydrogen) atoms. The number of carbonyl (C=O) groups is 1. The Kier molecular flexibility index (Phi) is 6.48. The Labute approximate surface area is 198 Å². The minimum atomic E-state index is -3.85. The van der Waals surface area contributed by atoms with E-state index in [9.17, 15) is 13.2 Å². The highest BCUT2D eigenvalue weighted by Crippen LogP contribution is 2.32. The van der Waals surface area contributed by atoms with Crippen molar-refractivity contribution in [3.8, 4) is 11.3 Å². The van der Waals surface area contributed by atoms with Crippen LogP contribution in [0, 0.1) is 0 Å². The summed E-state index contributed by atoms with van der Waals surface area (Å²) in [5, 5.41) is 5.77. The van der Waals surface area contributed by atoms with Crippen LogP contribution in [0.25, 0.3) is 11.3 Å². The molecule has 0 atom stereocenters. The van der Waals surface area contributed by atoms with E-state index in [-0.39, 0.29) is 16.1 Å². The van der Waals surface area contributed by atoms with Crippen molar-refractivity contribution in [2.45, 2.75) is 4.90 Å². The van der Waals surface area contributed by atoms with Gasteiger partial charge in [-0.3, -0.25) is 14.8 Å². The molecule has 0 saturated heterocycles. The maximum absolute atomic E-state index is 12.9. The Balaban J connectivity index is 1.56. The number of sulfonamides is 1. The molecule has 0 aliphatic rings. The van der Waals surface area contributed by atoms with Crippen molar-refractivity contribution in [1.29, 1.82) is 0 Å². The molecule has 10 heteroatoms. The molecule has 2 N–H and O–H groups in total. The first-order chi connectivity index (χ1) is 15.3. The van der Waals surface area contributed by atoms with Crippen LogP contribution < -0.4 is 10.0 Å². The van der Waals surface area contributed by atoms with E-state index in [4.69, 9.17) is 23.2 Å². The van der Waals surface area contributed by atoms with E-state index in [1.54, 1.807) is 53.9 Å². The molecule has 0 radical (unpaired) electrons.